The number of rotatable bonds is 2. The van der Waals surface area contributed by atoms with Crippen molar-refractivity contribution in [3.8, 4) is 0 Å². The summed E-state index contributed by atoms with van der Waals surface area (Å²) in [6.07, 6.45) is 4.58. The van der Waals surface area contributed by atoms with Crippen molar-refractivity contribution in [3.05, 3.63) is 29.8 Å². The number of imide groups is 1. The second kappa shape index (κ2) is 5.27. The van der Waals surface area contributed by atoms with Crippen LogP contribution in [0.1, 0.15) is 37.7 Å². The molecule has 0 spiro atoms. The highest BCUT2D eigenvalue weighted by Crippen LogP contribution is 2.29. The Balaban J connectivity index is 1.84. The van der Waals surface area contributed by atoms with E-state index in [0.717, 1.165) is 31.4 Å². The van der Waals surface area contributed by atoms with Crippen LogP contribution in [0.3, 0.4) is 0 Å². The lowest BCUT2D eigenvalue weighted by Gasteiger charge is -2.37. The smallest absolute Gasteiger partial charge is 0.293 e. The van der Waals surface area contributed by atoms with Crippen molar-refractivity contribution in [2.24, 2.45) is 0 Å². The highest BCUT2D eigenvalue weighted by Gasteiger charge is 2.38. The van der Waals surface area contributed by atoms with Crippen LogP contribution in [0, 0.1) is 6.92 Å². The Bertz CT molecular complexity index is 518. The summed E-state index contributed by atoms with van der Waals surface area (Å²) in [5.41, 5.74) is 2.05. The van der Waals surface area contributed by atoms with Crippen LogP contribution in [0.15, 0.2) is 24.3 Å². The van der Waals surface area contributed by atoms with Crippen LogP contribution >= 0.6 is 0 Å². The summed E-state index contributed by atoms with van der Waals surface area (Å²) < 4.78 is 0. The van der Waals surface area contributed by atoms with Gasteiger partial charge in [-0.3, -0.25) is 14.6 Å². The third kappa shape index (κ3) is 2.30. The molecular weight excluding hydrogens is 252 g/mol. The van der Waals surface area contributed by atoms with Crippen molar-refractivity contribution in [1.82, 2.24) is 4.90 Å². The fourth-order valence-electron chi connectivity index (χ4n) is 3.15. The zero-order valence-corrected chi connectivity index (χ0v) is 11.8. The molecular formula is C16H20N2O2. The molecule has 1 saturated heterocycles. The Morgan fingerprint density at radius 3 is 2.35 bits per heavy atom. The maximum Gasteiger partial charge on any atom is 0.331 e. The number of benzene rings is 1. The van der Waals surface area contributed by atoms with E-state index in [9.17, 15) is 9.59 Å². The van der Waals surface area contributed by atoms with E-state index in [2.05, 4.69) is 0 Å². The minimum absolute atomic E-state index is 0.00902. The number of anilines is 1. The standard InChI is InChI=1S/C16H20N2O2/c1-12-6-8-13(9-7-12)17-11-10-15(19)18(16(17)20)14-4-2-3-5-14/h6-9,14H,2-5,10-11H2,1H3. The minimum atomic E-state index is -0.142. The van der Waals surface area contributed by atoms with E-state index >= 15 is 0 Å². The van der Waals surface area contributed by atoms with Crippen LogP contribution in [0.2, 0.25) is 0 Å². The van der Waals surface area contributed by atoms with Crippen LogP contribution in [-0.4, -0.2) is 29.4 Å². The fourth-order valence-corrected chi connectivity index (χ4v) is 3.15. The molecule has 1 aromatic rings. The van der Waals surface area contributed by atoms with Gasteiger partial charge in [0.1, 0.15) is 0 Å². The maximum atomic E-state index is 12.6. The molecule has 0 bridgehead atoms. The predicted molar refractivity (Wildman–Crippen MR) is 77.6 cm³/mol. The van der Waals surface area contributed by atoms with Crippen molar-refractivity contribution in [3.63, 3.8) is 0 Å². The molecule has 1 saturated carbocycles. The summed E-state index contributed by atoms with van der Waals surface area (Å²) in [6, 6.07) is 7.88. The topological polar surface area (TPSA) is 40.6 Å². The van der Waals surface area contributed by atoms with Crippen molar-refractivity contribution < 1.29 is 9.59 Å². The number of urea groups is 1. The number of amides is 3. The van der Waals surface area contributed by atoms with Gasteiger partial charge in [0.25, 0.3) is 0 Å². The van der Waals surface area contributed by atoms with Crippen molar-refractivity contribution >= 4 is 17.6 Å². The molecule has 106 valence electrons. The molecule has 3 amide bonds. The van der Waals surface area contributed by atoms with Gasteiger partial charge < -0.3 is 0 Å². The Hall–Kier alpha value is -1.84. The third-order valence-electron chi connectivity index (χ3n) is 4.29. The summed E-state index contributed by atoms with van der Waals surface area (Å²) in [7, 11) is 0. The first kappa shape index (κ1) is 13.2. The molecule has 1 aliphatic heterocycles. The van der Waals surface area contributed by atoms with Gasteiger partial charge in [0.2, 0.25) is 5.91 Å². The monoisotopic (exact) mass is 272 g/mol. The van der Waals surface area contributed by atoms with Gasteiger partial charge >= 0.3 is 6.03 Å². The average molecular weight is 272 g/mol. The van der Waals surface area contributed by atoms with Gasteiger partial charge in [-0.15, -0.1) is 0 Å². The molecule has 0 N–H and O–H groups in total. The molecule has 0 aromatic heterocycles. The summed E-state index contributed by atoms with van der Waals surface area (Å²) in [6.45, 7) is 2.51. The summed E-state index contributed by atoms with van der Waals surface area (Å²) >= 11 is 0. The third-order valence-corrected chi connectivity index (χ3v) is 4.29. The first-order chi connectivity index (χ1) is 9.66. The molecule has 0 radical (unpaired) electrons. The molecule has 1 heterocycles. The van der Waals surface area contributed by atoms with Crippen LogP contribution in [-0.2, 0) is 4.79 Å². The van der Waals surface area contributed by atoms with Gasteiger partial charge in [0.05, 0.1) is 0 Å². The number of carbonyl (C=O) groups excluding carboxylic acids is 2. The Kier molecular flexibility index (Phi) is 3.47. The summed E-state index contributed by atoms with van der Waals surface area (Å²) in [5.74, 6) is -0.00902. The Labute approximate surface area is 119 Å². The van der Waals surface area contributed by atoms with Crippen molar-refractivity contribution in [2.75, 3.05) is 11.4 Å². The van der Waals surface area contributed by atoms with E-state index in [0.29, 0.717) is 13.0 Å². The predicted octanol–water partition coefficient (Wildman–Crippen LogP) is 3.10. The lowest BCUT2D eigenvalue weighted by molar-refractivity contribution is -0.130. The lowest BCUT2D eigenvalue weighted by atomic mass is 10.1. The van der Waals surface area contributed by atoms with E-state index in [1.165, 1.54) is 10.5 Å². The highest BCUT2D eigenvalue weighted by molar-refractivity contribution is 6.05. The molecule has 1 aromatic carbocycles. The van der Waals surface area contributed by atoms with Gasteiger partial charge in [-0.1, -0.05) is 30.5 Å². The molecule has 0 atom stereocenters. The van der Waals surface area contributed by atoms with E-state index in [4.69, 9.17) is 0 Å². The SMILES string of the molecule is Cc1ccc(N2CCC(=O)N(C3CCCC3)C2=O)cc1. The Morgan fingerprint density at radius 1 is 1.05 bits per heavy atom. The average Bonchev–Trinajstić information content (AvgIpc) is 2.94. The van der Waals surface area contributed by atoms with Gasteiger partial charge in [0, 0.05) is 24.7 Å². The van der Waals surface area contributed by atoms with E-state index in [-0.39, 0.29) is 18.0 Å². The maximum absolute atomic E-state index is 12.6. The number of carbonyl (C=O) groups is 2. The van der Waals surface area contributed by atoms with Gasteiger partial charge in [-0.25, -0.2) is 4.79 Å². The zero-order chi connectivity index (χ0) is 14.1. The molecule has 0 unspecified atom stereocenters. The summed E-state index contributed by atoms with van der Waals surface area (Å²) in [4.78, 5) is 28.0. The number of aryl methyl sites for hydroxylation is 1. The Morgan fingerprint density at radius 2 is 1.70 bits per heavy atom. The molecule has 2 aliphatic rings. The fraction of sp³-hybridized carbons (Fsp3) is 0.500. The number of hydrogen-bond acceptors (Lipinski definition) is 2. The van der Waals surface area contributed by atoms with Crippen molar-refractivity contribution in [1.29, 1.82) is 0 Å². The largest absolute Gasteiger partial charge is 0.331 e. The first-order valence-corrected chi connectivity index (χ1v) is 7.37. The highest BCUT2D eigenvalue weighted by atomic mass is 16.2. The van der Waals surface area contributed by atoms with Gasteiger partial charge in [0.15, 0.2) is 0 Å². The number of hydrogen-bond donors (Lipinski definition) is 0. The van der Waals surface area contributed by atoms with Crippen LogP contribution in [0.25, 0.3) is 0 Å². The molecule has 4 heteroatoms. The molecule has 2 fully saturated rings. The second-order valence-corrected chi connectivity index (χ2v) is 5.72. The number of nitrogens with zero attached hydrogens (tertiary/aromatic N) is 2. The first-order valence-electron chi connectivity index (χ1n) is 7.37. The molecule has 1 aliphatic carbocycles. The van der Waals surface area contributed by atoms with E-state index in [1.807, 2.05) is 31.2 Å². The normalized spacial score (nSPS) is 20.9. The van der Waals surface area contributed by atoms with E-state index in [1.54, 1.807) is 4.90 Å². The summed E-state index contributed by atoms with van der Waals surface area (Å²) in [5, 5.41) is 0. The molecule has 20 heavy (non-hydrogen) atoms. The molecule has 4 nitrogen and oxygen atoms in total. The second-order valence-electron chi connectivity index (χ2n) is 5.72. The van der Waals surface area contributed by atoms with Crippen LogP contribution in [0.5, 0.6) is 0 Å². The minimum Gasteiger partial charge on any atom is -0.293 e. The lowest BCUT2D eigenvalue weighted by Crippen LogP contribution is -2.55. The molecule has 3 rings (SSSR count). The van der Waals surface area contributed by atoms with Crippen molar-refractivity contribution in [2.45, 2.75) is 45.1 Å². The van der Waals surface area contributed by atoms with E-state index < -0.39 is 0 Å². The van der Waals surface area contributed by atoms with Crippen LogP contribution in [0.4, 0.5) is 10.5 Å². The quantitative estimate of drug-likeness (QED) is 0.830. The van der Waals surface area contributed by atoms with Gasteiger partial charge in [-0.05, 0) is 31.9 Å². The van der Waals surface area contributed by atoms with Crippen LogP contribution < -0.4 is 4.90 Å². The zero-order valence-electron chi connectivity index (χ0n) is 11.8. The van der Waals surface area contributed by atoms with Gasteiger partial charge in [-0.2, -0.15) is 0 Å².